The maximum atomic E-state index is 12.2. The van der Waals surface area contributed by atoms with Gasteiger partial charge in [-0.1, -0.05) is 43.2 Å². The summed E-state index contributed by atoms with van der Waals surface area (Å²) in [6.45, 7) is 4.30. The van der Waals surface area contributed by atoms with E-state index in [0.29, 0.717) is 24.8 Å². The number of nitrogens with two attached hydrogens (primary N) is 1. The zero-order chi connectivity index (χ0) is 17.5. The minimum Gasteiger partial charge on any atom is -0.370 e. The number of guanidine groups is 1. The molecule has 2 fully saturated rings. The van der Waals surface area contributed by atoms with Crippen LogP contribution in [0.4, 0.5) is 0 Å². The average Bonchev–Trinajstić information content (AvgIpc) is 2.83. The molecule has 0 spiro atoms. The molecular formula is C20H30N4O. The van der Waals surface area contributed by atoms with Crippen molar-refractivity contribution in [3.05, 3.63) is 35.9 Å². The molecule has 2 aliphatic rings. The summed E-state index contributed by atoms with van der Waals surface area (Å²) in [6, 6.07) is 10.3. The third-order valence-electron chi connectivity index (χ3n) is 5.25. The summed E-state index contributed by atoms with van der Waals surface area (Å²) in [6.07, 6.45) is 6.50. The molecule has 5 nitrogen and oxygen atoms in total. The summed E-state index contributed by atoms with van der Waals surface area (Å²) in [7, 11) is 0. The highest BCUT2D eigenvalue weighted by Crippen LogP contribution is 2.19. The van der Waals surface area contributed by atoms with E-state index in [2.05, 4.69) is 22.0 Å². The van der Waals surface area contributed by atoms with E-state index in [1.54, 1.807) is 0 Å². The summed E-state index contributed by atoms with van der Waals surface area (Å²) in [5.74, 6) is 1.22. The number of hydrogen-bond donors (Lipinski definition) is 1. The minimum absolute atomic E-state index is 0.254. The Morgan fingerprint density at radius 3 is 2.56 bits per heavy atom. The van der Waals surface area contributed by atoms with Gasteiger partial charge in [-0.05, 0) is 24.8 Å². The molecule has 2 N–H and O–H groups in total. The molecule has 0 unspecified atom stereocenters. The quantitative estimate of drug-likeness (QED) is 0.659. The number of hydrogen-bond acceptors (Lipinski definition) is 2. The van der Waals surface area contributed by atoms with Gasteiger partial charge in [-0.25, -0.2) is 0 Å². The second kappa shape index (κ2) is 8.88. The monoisotopic (exact) mass is 342 g/mol. The molecule has 0 saturated carbocycles. The highest BCUT2D eigenvalue weighted by molar-refractivity contribution is 5.79. The van der Waals surface area contributed by atoms with Gasteiger partial charge in [0.05, 0.1) is 0 Å². The van der Waals surface area contributed by atoms with E-state index < -0.39 is 0 Å². The molecule has 2 heterocycles. The molecule has 0 bridgehead atoms. The van der Waals surface area contributed by atoms with Crippen molar-refractivity contribution >= 4 is 11.9 Å². The van der Waals surface area contributed by atoms with E-state index in [-0.39, 0.29) is 5.91 Å². The number of nitrogens with zero attached hydrogens (tertiary/aromatic N) is 3. The van der Waals surface area contributed by atoms with Crippen molar-refractivity contribution in [1.82, 2.24) is 9.80 Å². The van der Waals surface area contributed by atoms with Gasteiger partial charge in [0.2, 0.25) is 5.91 Å². The first kappa shape index (κ1) is 17.8. The van der Waals surface area contributed by atoms with Crippen LogP contribution in [0.5, 0.6) is 0 Å². The summed E-state index contributed by atoms with van der Waals surface area (Å²) < 4.78 is 0. The fourth-order valence-corrected chi connectivity index (χ4v) is 3.72. The van der Waals surface area contributed by atoms with Crippen LogP contribution in [-0.4, -0.2) is 54.4 Å². The second-order valence-electron chi connectivity index (χ2n) is 7.25. The largest absolute Gasteiger partial charge is 0.370 e. The van der Waals surface area contributed by atoms with Gasteiger partial charge in [-0.15, -0.1) is 0 Å². The van der Waals surface area contributed by atoms with Crippen LogP contribution < -0.4 is 5.73 Å². The highest BCUT2D eigenvalue weighted by atomic mass is 16.2. The van der Waals surface area contributed by atoms with Gasteiger partial charge >= 0.3 is 0 Å². The van der Waals surface area contributed by atoms with Crippen molar-refractivity contribution in [3.63, 3.8) is 0 Å². The van der Waals surface area contributed by atoms with Crippen LogP contribution in [0.15, 0.2) is 35.3 Å². The van der Waals surface area contributed by atoms with Gasteiger partial charge in [0, 0.05) is 45.1 Å². The zero-order valence-electron chi connectivity index (χ0n) is 15.1. The Morgan fingerprint density at radius 1 is 1.12 bits per heavy atom. The first-order chi connectivity index (χ1) is 12.2. The SMILES string of the molecule is NC(=NC[C@H]1CC(=O)N(CCc2ccccc2)C1)N1CCCCCC1. The van der Waals surface area contributed by atoms with Gasteiger partial charge in [0.15, 0.2) is 5.96 Å². The van der Waals surface area contributed by atoms with Crippen LogP contribution in [0.2, 0.25) is 0 Å². The van der Waals surface area contributed by atoms with Crippen molar-refractivity contribution in [2.24, 2.45) is 16.6 Å². The lowest BCUT2D eigenvalue weighted by Gasteiger charge is -2.21. The van der Waals surface area contributed by atoms with Crippen molar-refractivity contribution in [1.29, 1.82) is 0 Å². The fourth-order valence-electron chi connectivity index (χ4n) is 3.72. The smallest absolute Gasteiger partial charge is 0.223 e. The Hall–Kier alpha value is -2.04. The third kappa shape index (κ3) is 5.21. The third-order valence-corrected chi connectivity index (χ3v) is 5.25. The molecule has 1 aromatic carbocycles. The number of rotatable bonds is 5. The molecule has 2 aliphatic heterocycles. The van der Waals surface area contributed by atoms with E-state index in [0.717, 1.165) is 32.6 Å². The van der Waals surface area contributed by atoms with Gasteiger partial charge < -0.3 is 15.5 Å². The van der Waals surface area contributed by atoms with Gasteiger partial charge in [-0.3, -0.25) is 9.79 Å². The van der Waals surface area contributed by atoms with Crippen molar-refractivity contribution in [2.75, 3.05) is 32.7 Å². The lowest BCUT2D eigenvalue weighted by molar-refractivity contribution is -0.127. The van der Waals surface area contributed by atoms with E-state index in [1.807, 2.05) is 23.1 Å². The lowest BCUT2D eigenvalue weighted by Crippen LogP contribution is -2.38. The van der Waals surface area contributed by atoms with E-state index in [4.69, 9.17) is 5.73 Å². The Kier molecular flexibility index (Phi) is 6.31. The van der Waals surface area contributed by atoms with Crippen LogP contribution in [0, 0.1) is 5.92 Å². The molecular weight excluding hydrogens is 312 g/mol. The molecule has 1 aromatic rings. The van der Waals surface area contributed by atoms with Crippen molar-refractivity contribution < 1.29 is 4.79 Å². The molecule has 3 rings (SSSR count). The number of amides is 1. The number of likely N-dealkylation sites (tertiary alicyclic amines) is 2. The first-order valence-corrected chi connectivity index (χ1v) is 9.59. The van der Waals surface area contributed by atoms with E-state index in [9.17, 15) is 4.79 Å². The van der Waals surface area contributed by atoms with Crippen LogP contribution in [0.3, 0.4) is 0 Å². The molecule has 0 aromatic heterocycles. The molecule has 1 atom stereocenters. The molecule has 2 saturated heterocycles. The number of carbonyl (C=O) groups excluding carboxylic acids is 1. The minimum atomic E-state index is 0.254. The molecule has 0 radical (unpaired) electrons. The highest BCUT2D eigenvalue weighted by Gasteiger charge is 2.29. The normalized spacial score (nSPS) is 22.3. The summed E-state index contributed by atoms with van der Waals surface area (Å²) in [4.78, 5) is 21.0. The molecule has 1 amide bonds. The van der Waals surface area contributed by atoms with E-state index >= 15 is 0 Å². The maximum absolute atomic E-state index is 12.2. The molecule has 136 valence electrons. The van der Waals surface area contributed by atoms with Crippen LogP contribution in [0.25, 0.3) is 0 Å². The molecule has 25 heavy (non-hydrogen) atoms. The maximum Gasteiger partial charge on any atom is 0.223 e. The van der Waals surface area contributed by atoms with Gasteiger partial charge in [0.1, 0.15) is 0 Å². The predicted octanol–water partition coefficient (Wildman–Crippen LogP) is 2.27. The Balaban J connectivity index is 1.46. The predicted molar refractivity (Wildman–Crippen MR) is 101 cm³/mol. The fraction of sp³-hybridized carbons (Fsp3) is 0.600. The second-order valence-corrected chi connectivity index (χ2v) is 7.25. The van der Waals surface area contributed by atoms with Crippen molar-refractivity contribution in [3.8, 4) is 0 Å². The van der Waals surface area contributed by atoms with Crippen LogP contribution in [0.1, 0.15) is 37.7 Å². The lowest BCUT2D eigenvalue weighted by atomic mass is 10.1. The average molecular weight is 342 g/mol. The first-order valence-electron chi connectivity index (χ1n) is 9.59. The number of benzene rings is 1. The zero-order valence-corrected chi connectivity index (χ0v) is 15.1. The standard InChI is InChI=1S/C20H30N4O/c21-20(23-11-6-1-2-7-12-23)22-15-18-14-19(25)24(16-18)13-10-17-8-4-3-5-9-17/h3-5,8-9,18H,1-2,6-7,10-16H2,(H2,21,22)/t18-/m1/s1. The molecule has 5 heteroatoms. The van der Waals surface area contributed by atoms with Gasteiger partial charge in [0.25, 0.3) is 0 Å². The summed E-state index contributed by atoms with van der Waals surface area (Å²) >= 11 is 0. The summed E-state index contributed by atoms with van der Waals surface area (Å²) in [5, 5.41) is 0. The Bertz CT molecular complexity index is 579. The van der Waals surface area contributed by atoms with Crippen LogP contribution >= 0.6 is 0 Å². The Morgan fingerprint density at radius 2 is 1.84 bits per heavy atom. The Labute approximate surface area is 150 Å². The van der Waals surface area contributed by atoms with Crippen molar-refractivity contribution in [2.45, 2.75) is 38.5 Å². The van der Waals surface area contributed by atoms with E-state index in [1.165, 1.54) is 31.2 Å². The summed E-state index contributed by atoms with van der Waals surface area (Å²) in [5.41, 5.74) is 7.46. The number of carbonyl (C=O) groups is 1. The molecule has 0 aliphatic carbocycles. The topological polar surface area (TPSA) is 61.9 Å². The van der Waals surface area contributed by atoms with Crippen LogP contribution in [-0.2, 0) is 11.2 Å². The van der Waals surface area contributed by atoms with Gasteiger partial charge in [-0.2, -0.15) is 0 Å². The number of aliphatic imine (C=N–C) groups is 1.